The molecule has 0 saturated heterocycles. The van der Waals surface area contributed by atoms with Gasteiger partial charge in [-0.3, -0.25) is 4.79 Å². The van der Waals surface area contributed by atoms with Crippen molar-refractivity contribution in [3.63, 3.8) is 0 Å². The van der Waals surface area contributed by atoms with Gasteiger partial charge in [0.15, 0.2) is 0 Å². The molecule has 2 N–H and O–H groups in total. The molecule has 0 fully saturated rings. The Hall–Kier alpha value is -0.940. The first-order valence-electron chi connectivity index (χ1n) is 6.98. The monoisotopic (exact) mass is 312 g/mol. The summed E-state index contributed by atoms with van der Waals surface area (Å²) in [5.41, 5.74) is 5.15. The first kappa shape index (κ1) is 17.1. The van der Waals surface area contributed by atoms with E-state index in [0.717, 1.165) is 6.42 Å². The molecule has 112 valence electrons. The van der Waals surface area contributed by atoms with Gasteiger partial charge in [0.05, 0.1) is 10.4 Å². The Balaban J connectivity index is 2.86. The molecule has 1 heterocycles. The molecule has 0 radical (unpaired) electrons. The molecule has 0 saturated carbocycles. The van der Waals surface area contributed by atoms with E-state index in [1.165, 1.54) is 4.88 Å². The smallest absolute Gasteiger partial charge is 0.235 e. The highest BCUT2D eigenvalue weighted by atomic mass is 32.1. The molecule has 1 unspecified atom stereocenters. The van der Waals surface area contributed by atoms with Crippen molar-refractivity contribution in [2.24, 2.45) is 11.1 Å². The SMILES string of the molecule is CCC(CC)(C(=O)N(C)C(C)Cc1cccs1)C(N)=S. The highest BCUT2D eigenvalue weighted by Crippen LogP contribution is 2.30. The van der Waals surface area contributed by atoms with Crippen LogP contribution < -0.4 is 5.73 Å². The molecule has 0 spiro atoms. The zero-order chi connectivity index (χ0) is 15.3. The Kier molecular flexibility index (Phi) is 6.14. The fourth-order valence-corrected chi connectivity index (χ4v) is 3.60. The first-order chi connectivity index (χ1) is 9.39. The maximum Gasteiger partial charge on any atom is 0.235 e. The number of carbonyl (C=O) groups excluding carboxylic acids is 1. The third-order valence-corrected chi connectivity index (χ3v) is 5.44. The summed E-state index contributed by atoms with van der Waals surface area (Å²) in [6, 6.07) is 4.26. The predicted octanol–water partition coefficient (Wildman–Crippen LogP) is 3.23. The quantitative estimate of drug-likeness (QED) is 0.786. The minimum atomic E-state index is -0.701. The molecule has 0 aromatic carbocycles. The summed E-state index contributed by atoms with van der Waals surface area (Å²) in [7, 11) is 1.85. The van der Waals surface area contributed by atoms with Crippen molar-refractivity contribution in [3.05, 3.63) is 22.4 Å². The lowest BCUT2D eigenvalue weighted by Gasteiger charge is -2.36. The molecular weight excluding hydrogens is 288 g/mol. The molecule has 1 rings (SSSR count). The van der Waals surface area contributed by atoms with Crippen LogP contribution in [0.15, 0.2) is 17.5 Å². The lowest BCUT2D eigenvalue weighted by molar-refractivity contribution is -0.139. The van der Waals surface area contributed by atoms with E-state index in [1.807, 2.05) is 27.0 Å². The number of nitrogens with zero attached hydrogens (tertiary/aromatic N) is 1. The third-order valence-electron chi connectivity index (χ3n) is 4.15. The first-order valence-corrected chi connectivity index (χ1v) is 8.27. The molecule has 0 aliphatic heterocycles. The number of rotatable bonds is 7. The van der Waals surface area contributed by atoms with E-state index < -0.39 is 5.41 Å². The second-order valence-corrected chi connectivity index (χ2v) is 6.67. The van der Waals surface area contributed by atoms with E-state index in [1.54, 1.807) is 16.2 Å². The lowest BCUT2D eigenvalue weighted by Crippen LogP contribution is -2.51. The Morgan fingerprint density at radius 3 is 2.50 bits per heavy atom. The van der Waals surface area contributed by atoms with Crippen molar-refractivity contribution in [1.29, 1.82) is 0 Å². The molecule has 20 heavy (non-hydrogen) atoms. The second-order valence-electron chi connectivity index (χ2n) is 5.20. The summed E-state index contributed by atoms with van der Waals surface area (Å²) in [5.74, 6) is 0.0408. The lowest BCUT2D eigenvalue weighted by atomic mass is 9.80. The summed E-state index contributed by atoms with van der Waals surface area (Å²) in [6.45, 7) is 6.00. The van der Waals surface area contributed by atoms with Gasteiger partial charge in [-0.05, 0) is 31.2 Å². The van der Waals surface area contributed by atoms with Gasteiger partial charge in [0, 0.05) is 24.4 Å². The van der Waals surface area contributed by atoms with Gasteiger partial charge in [0.25, 0.3) is 0 Å². The highest BCUT2D eigenvalue weighted by Gasteiger charge is 2.41. The van der Waals surface area contributed by atoms with Crippen LogP contribution in [0.5, 0.6) is 0 Å². The fourth-order valence-electron chi connectivity index (χ4n) is 2.40. The van der Waals surface area contributed by atoms with Crippen LogP contribution in [-0.4, -0.2) is 28.9 Å². The number of hydrogen-bond donors (Lipinski definition) is 1. The summed E-state index contributed by atoms with van der Waals surface area (Å²) in [5, 5.41) is 2.06. The molecule has 1 aromatic rings. The maximum absolute atomic E-state index is 12.8. The van der Waals surface area contributed by atoms with Gasteiger partial charge in [-0.1, -0.05) is 32.1 Å². The van der Waals surface area contributed by atoms with E-state index in [9.17, 15) is 4.79 Å². The number of nitrogens with two attached hydrogens (primary N) is 1. The van der Waals surface area contributed by atoms with Crippen molar-refractivity contribution in [2.45, 2.75) is 46.1 Å². The number of amides is 1. The molecule has 0 aliphatic rings. The van der Waals surface area contributed by atoms with Crippen LogP contribution in [0, 0.1) is 5.41 Å². The fraction of sp³-hybridized carbons (Fsp3) is 0.600. The molecule has 1 aromatic heterocycles. The van der Waals surface area contributed by atoms with Crippen molar-refractivity contribution in [1.82, 2.24) is 4.90 Å². The van der Waals surface area contributed by atoms with Gasteiger partial charge in [-0.2, -0.15) is 0 Å². The van der Waals surface area contributed by atoms with E-state index in [0.29, 0.717) is 17.8 Å². The van der Waals surface area contributed by atoms with Gasteiger partial charge in [-0.15, -0.1) is 11.3 Å². The van der Waals surface area contributed by atoms with Crippen LogP contribution in [0.25, 0.3) is 0 Å². The zero-order valence-electron chi connectivity index (χ0n) is 12.7. The molecule has 0 bridgehead atoms. The second kappa shape index (κ2) is 7.18. The summed E-state index contributed by atoms with van der Waals surface area (Å²) < 4.78 is 0. The van der Waals surface area contributed by atoms with E-state index >= 15 is 0 Å². The molecule has 3 nitrogen and oxygen atoms in total. The largest absolute Gasteiger partial charge is 0.392 e. The van der Waals surface area contributed by atoms with Crippen molar-refractivity contribution >= 4 is 34.5 Å². The number of likely N-dealkylation sites (N-methyl/N-ethyl adjacent to an activating group) is 1. The van der Waals surface area contributed by atoms with E-state index in [-0.39, 0.29) is 11.9 Å². The van der Waals surface area contributed by atoms with Crippen molar-refractivity contribution < 1.29 is 4.79 Å². The number of hydrogen-bond acceptors (Lipinski definition) is 3. The van der Waals surface area contributed by atoms with Gasteiger partial charge in [0.2, 0.25) is 5.91 Å². The third kappa shape index (κ3) is 3.38. The Morgan fingerprint density at radius 2 is 2.10 bits per heavy atom. The Bertz CT molecular complexity index is 452. The average Bonchev–Trinajstić information content (AvgIpc) is 2.92. The average molecular weight is 313 g/mol. The van der Waals surface area contributed by atoms with Crippen LogP contribution in [0.4, 0.5) is 0 Å². The summed E-state index contributed by atoms with van der Waals surface area (Å²) in [6.07, 6.45) is 2.15. The molecular formula is C15H24N2OS2. The van der Waals surface area contributed by atoms with Crippen molar-refractivity contribution in [3.8, 4) is 0 Å². The maximum atomic E-state index is 12.8. The zero-order valence-corrected chi connectivity index (χ0v) is 14.3. The topological polar surface area (TPSA) is 46.3 Å². The highest BCUT2D eigenvalue weighted by molar-refractivity contribution is 7.80. The van der Waals surface area contributed by atoms with Crippen LogP contribution in [0.1, 0.15) is 38.5 Å². The Morgan fingerprint density at radius 1 is 1.50 bits per heavy atom. The van der Waals surface area contributed by atoms with E-state index in [4.69, 9.17) is 18.0 Å². The van der Waals surface area contributed by atoms with Gasteiger partial charge in [0.1, 0.15) is 0 Å². The summed E-state index contributed by atoms with van der Waals surface area (Å²) in [4.78, 5) is 16.2. The van der Waals surface area contributed by atoms with E-state index in [2.05, 4.69) is 18.4 Å². The minimum absolute atomic E-state index is 0.0408. The van der Waals surface area contributed by atoms with Gasteiger partial charge >= 0.3 is 0 Å². The molecule has 5 heteroatoms. The summed E-state index contributed by atoms with van der Waals surface area (Å²) >= 11 is 6.88. The molecule has 1 atom stereocenters. The predicted molar refractivity (Wildman–Crippen MR) is 90.1 cm³/mol. The minimum Gasteiger partial charge on any atom is -0.392 e. The van der Waals surface area contributed by atoms with Crippen LogP contribution in [0.3, 0.4) is 0 Å². The van der Waals surface area contributed by atoms with Gasteiger partial charge < -0.3 is 10.6 Å². The Labute approximate surface area is 131 Å². The molecule has 0 aliphatic carbocycles. The van der Waals surface area contributed by atoms with Crippen LogP contribution >= 0.6 is 23.6 Å². The number of thiophene rings is 1. The van der Waals surface area contributed by atoms with Crippen molar-refractivity contribution in [2.75, 3.05) is 7.05 Å². The normalized spacial score (nSPS) is 13.0. The standard InChI is InChI=1S/C15H24N2OS2/c1-5-15(6-2,13(16)19)14(18)17(4)11(3)10-12-8-7-9-20-12/h7-9,11H,5-6,10H2,1-4H3,(H2,16,19). The van der Waals surface area contributed by atoms with Crippen LogP contribution in [-0.2, 0) is 11.2 Å². The molecule has 1 amide bonds. The van der Waals surface area contributed by atoms with Gasteiger partial charge in [-0.25, -0.2) is 0 Å². The number of carbonyl (C=O) groups is 1. The number of thiocarbonyl (C=S) groups is 1. The van der Waals surface area contributed by atoms with Crippen LogP contribution in [0.2, 0.25) is 0 Å².